The lowest BCUT2D eigenvalue weighted by Crippen LogP contribution is -2.37. The van der Waals surface area contributed by atoms with Crippen molar-refractivity contribution in [1.29, 1.82) is 5.26 Å². The van der Waals surface area contributed by atoms with E-state index < -0.39 is 5.60 Å². The third-order valence-corrected chi connectivity index (χ3v) is 10.6. The fraction of sp³-hybridized carbons (Fsp3) is 0.178. The van der Waals surface area contributed by atoms with Gasteiger partial charge in [-0.3, -0.25) is 0 Å². The standard InChI is InChI=1S/C45H36N2O3/c1-44(2)40-28-30(29-46)12-21-38(40)41-36-10-6-7-11-37(36)43-39(42(41)44)22-23-45(50-43,31-13-17-33(18-14-31)47-24-26-48-27-25-47)32-15-19-35(20-16-32)49-34-8-4-3-5-9-34/h3-23,28H,24-27H2,1-2H3. The molecule has 0 N–H and O–H groups in total. The molecule has 0 radical (unpaired) electrons. The minimum Gasteiger partial charge on any atom is -0.472 e. The number of hydrogen-bond acceptors (Lipinski definition) is 5. The summed E-state index contributed by atoms with van der Waals surface area (Å²) in [4.78, 5) is 2.37. The fourth-order valence-corrected chi connectivity index (χ4v) is 8.12. The molecule has 0 saturated carbocycles. The van der Waals surface area contributed by atoms with Crippen molar-refractivity contribution >= 4 is 22.5 Å². The largest absolute Gasteiger partial charge is 0.472 e. The molecule has 0 amide bonds. The van der Waals surface area contributed by atoms with E-state index in [4.69, 9.17) is 14.2 Å². The molecule has 1 fully saturated rings. The van der Waals surface area contributed by atoms with Crippen molar-refractivity contribution in [2.45, 2.75) is 24.9 Å². The summed E-state index contributed by atoms with van der Waals surface area (Å²) in [7, 11) is 0. The van der Waals surface area contributed by atoms with Crippen molar-refractivity contribution in [3.8, 4) is 34.4 Å². The maximum absolute atomic E-state index is 9.78. The molecule has 0 spiro atoms. The van der Waals surface area contributed by atoms with Crippen LogP contribution < -0.4 is 14.4 Å². The van der Waals surface area contributed by atoms with Crippen LogP contribution in [0.1, 0.15) is 47.2 Å². The lowest BCUT2D eigenvalue weighted by Gasteiger charge is -2.39. The van der Waals surface area contributed by atoms with Crippen LogP contribution in [0.2, 0.25) is 0 Å². The molecule has 1 aliphatic carbocycles. The minimum absolute atomic E-state index is 0.338. The Morgan fingerprint density at radius 3 is 2.12 bits per heavy atom. The Balaban J connectivity index is 1.22. The van der Waals surface area contributed by atoms with E-state index >= 15 is 0 Å². The Labute approximate surface area is 292 Å². The van der Waals surface area contributed by atoms with Crippen LogP contribution in [0.5, 0.6) is 17.2 Å². The van der Waals surface area contributed by atoms with E-state index in [2.05, 4.69) is 110 Å². The number of nitrogens with zero attached hydrogens (tertiary/aromatic N) is 2. The summed E-state index contributed by atoms with van der Waals surface area (Å²) in [6, 6.07) is 44.0. The normalized spacial score (nSPS) is 18.5. The summed E-state index contributed by atoms with van der Waals surface area (Å²) in [5, 5.41) is 12.0. The molecular weight excluding hydrogens is 617 g/mol. The van der Waals surface area contributed by atoms with Gasteiger partial charge in [0.05, 0.1) is 24.8 Å². The monoisotopic (exact) mass is 652 g/mol. The predicted molar refractivity (Wildman–Crippen MR) is 199 cm³/mol. The van der Waals surface area contributed by atoms with Crippen LogP contribution in [0.4, 0.5) is 5.69 Å². The second-order valence-corrected chi connectivity index (χ2v) is 13.8. The molecule has 244 valence electrons. The molecule has 1 atom stereocenters. The quantitative estimate of drug-likeness (QED) is 0.186. The Kier molecular flexibility index (Phi) is 7.05. The Morgan fingerprint density at radius 1 is 0.740 bits per heavy atom. The van der Waals surface area contributed by atoms with Crippen LogP contribution in [0, 0.1) is 11.3 Å². The van der Waals surface area contributed by atoms with Crippen LogP contribution in [-0.2, 0) is 15.8 Å². The molecule has 2 aliphatic heterocycles. The van der Waals surface area contributed by atoms with Gasteiger partial charge in [0.25, 0.3) is 0 Å². The zero-order chi connectivity index (χ0) is 33.9. The van der Waals surface area contributed by atoms with Crippen molar-refractivity contribution in [3.05, 3.63) is 161 Å². The molecular formula is C45H36N2O3. The number of anilines is 1. The van der Waals surface area contributed by atoms with Crippen molar-refractivity contribution < 1.29 is 14.2 Å². The van der Waals surface area contributed by atoms with Crippen molar-refractivity contribution in [2.75, 3.05) is 31.2 Å². The molecule has 6 aromatic rings. The summed E-state index contributed by atoms with van der Waals surface area (Å²) in [6.45, 7) is 7.76. The zero-order valence-electron chi connectivity index (χ0n) is 28.1. The van der Waals surface area contributed by atoms with E-state index in [1.165, 1.54) is 27.9 Å². The molecule has 50 heavy (non-hydrogen) atoms. The number of rotatable bonds is 5. The lowest BCUT2D eigenvalue weighted by atomic mass is 9.76. The zero-order valence-corrected chi connectivity index (χ0v) is 28.1. The van der Waals surface area contributed by atoms with Gasteiger partial charge < -0.3 is 19.1 Å². The van der Waals surface area contributed by atoms with Gasteiger partial charge in [0.15, 0.2) is 5.60 Å². The highest BCUT2D eigenvalue weighted by atomic mass is 16.5. The van der Waals surface area contributed by atoms with Gasteiger partial charge in [-0.1, -0.05) is 92.7 Å². The summed E-state index contributed by atoms with van der Waals surface area (Å²) in [5.41, 5.74) is 8.55. The smallest absolute Gasteiger partial charge is 0.178 e. The molecule has 0 bridgehead atoms. The van der Waals surface area contributed by atoms with Gasteiger partial charge in [0.1, 0.15) is 17.2 Å². The third-order valence-electron chi connectivity index (χ3n) is 10.6. The Hall–Kier alpha value is -5.83. The topological polar surface area (TPSA) is 54.7 Å². The molecule has 0 aromatic heterocycles. The van der Waals surface area contributed by atoms with Crippen LogP contribution in [0.15, 0.2) is 127 Å². The number of para-hydroxylation sites is 1. The first kappa shape index (κ1) is 30.2. The maximum atomic E-state index is 9.78. The third kappa shape index (κ3) is 4.71. The Morgan fingerprint density at radius 2 is 1.40 bits per heavy atom. The number of morpholine rings is 1. The van der Waals surface area contributed by atoms with E-state index in [1.807, 2.05) is 48.5 Å². The highest BCUT2D eigenvalue weighted by molar-refractivity contribution is 6.08. The number of benzene rings is 6. The van der Waals surface area contributed by atoms with Crippen LogP contribution >= 0.6 is 0 Å². The van der Waals surface area contributed by atoms with E-state index in [0.29, 0.717) is 5.56 Å². The molecule has 5 heteroatoms. The number of hydrogen-bond donors (Lipinski definition) is 0. The summed E-state index contributed by atoms with van der Waals surface area (Å²) in [5.74, 6) is 2.42. The van der Waals surface area contributed by atoms with Gasteiger partial charge in [0.2, 0.25) is 0 Å². The average molecular weight is 653 g/mol. The van der Waals surface area contributed by atoms with Gasteiger partial charge in [-0.15, -0.1) is 0 Å². The SMILES string of the molecule is CC1(C)c2cc(C#N)ccc2-c2c1c1c(c3ccccc23)OC(c2ccc(Oc3ccccc3)cc2)(c2ccc(N3CCOCC3)cc2)C=C1. The second kappa shape index (κ2) is 11.7. The minimum atomic E-state index is -0.900. The van der Waals surface area contributed by atoms with Crippen LogP contribution in [-0.4, -0.2) is 26.3 Å². The Bertz CT molecular complexity index is 2330. The molecule has 1 saturated heterocycles. The van der Waals surface area contributed by atoms with Crippen molar-refractivity contribution in [2.24, 2.45) is 0 Å². The molecule has 2 heterocycles. The van der Waals surface area contributed by atoms with Crippen molar-refractivity contribution in [1.82, 2.24) is 0 Å². The first-order valence-electron chi connectivity index (χ1n) is 17.3. The maximum Gasteiger partial charge on any atom is 0.178 e. The highest BCUT2D eigenvalue weighted by Crippen LogP contribution is 2.58. The second-order valence-electron chi connectivity index (χ2n) is 13.8. The number of ether oxygens (including phenoxy) is 3. The molecule has 1 unspecified atom stereocenters. The lowest BCUT2D eigenvalue weighted by molar-refractivity contribution is 0.122. The predicted octanol–water partition coefficient (Wildman–Crippen LogP) is 10.00. The summed E-state index contributed by atoms with van der Waals surface area (Å²) >= 11 is 0. The molecule has 3 aliphatic rings. The van der Waals surface area contributed by atoms with Gasteiger partial charge >= 0.3 is 0 Å². The fourth-order valence-electron chi connectivity index (χ4n) is 8.12. The highest BCUT2D eigenvalue weighted by Gasteiger charge is 2.44. The van der Waals surface area contributed by atoms with Crippen LogP contribution in [0.3, 0.4) is 0 Å². The van der Waals surface area contributed by atoms with Gasteiger partial charge in [-0.2, -0.15) is 5.26 Å². The number of fused-ring (bicyclic) bond motifs is 8. The average Bonchev–Trinajstić information content (AvgIpc) is 3.41. The van der Waals surface area contributed by atoms with Crippen LogP contribution in [0.25, 0.3) is 28.0 Å². The van der Waals surface area contributed by atoms with Crippen molar-refractivity contribution in [3.63, 3.8) is 0 Å². The van der Waals surface area contributed by atoms with E-state index in [0.717, 1.165) is 71.0 Å². The van der Waals surface area contributed by atoms with Gasteiger partial charge in [0, 0.05) is 46.3 Å². The first-order chi connectivity index (χ1) is 24.5. The molecule has 5 nitrogen and oxygen atoms in total. The number of nitriles is 1. The first-order valence-corrected chi connectivity index (χ1v) is 17.3. The molecule has 6 aromatic carbocycles. The summed E-state index contributed by atoms with van der Waals surface area (Å²) in [6.07, 6.45) is 4.49. The molecule has 9 rings (SSSR count). The van der Waals surface area contributed by atoms with Gasteiger partial charge in [-0.25, -0.2) is 0 Å². The van der Waals surface area contributed by atoms with E-state index in [-0.39, 0.29) is 5.41 Å². The van der Waals surface area contributed by atoms with Gasteiger partial charge in [-0.05, 0) is 82.2 Å². The van der Waals surface area contributed by atoms with E-state index in [9.17, 15) is 5.26 Å². The van der Waals surface area contributed by atoms with E-state index in [1.54, 1.807) is 0 Å². The summed E-state index contributed by atoms with van der Waals surface area (Å²) < 4.78 is 19.3.